The molecule has 1 N–H and O–H groups in total. The number of aryl methyl sites for hydroxylation is 1. The summed E-state index contributed by atoms with van der Waals surface area (Å²) in [7, 11) is 0. The highest BCUT2D eigenvalue weighted by molar-refractivity contribution is 7.22. The average Bonchev–Trinajstić information content (AvgIpc) is 2.73. The molecule has 18 heavy (non-hydrogen) atoms. The number of pyridine rings is 1. The van der Waals surface area contributed by atoms with Crippen LogP contribution in [-0.2, 0) is 0 Å². The summed E-state index contributed by atoms with van der Waals surface area (Å²) in [6.45, 7) is 1.96. The van der Waals surface area contributed by atoms with Gasteiger partial charge in [-0.15, -0.1) is 0 Å². The summed E-state index contributed by atoms with van der Waals surface area (Å²) in [6, 6.07) is 9.67. The van der Waals surface area contributed by atoms with E-state index in [0.29, 0.717) is 5.02 Å². The Kier molecular flexibility index (Phi) is 2.89. The SMILES string of the molecule is Cc1ccc(Nc2nc3cc(Cl)ccc3s2)cn1. The zero-order valence-electron chi connectivity index (χ0n) is 9.64. The molecule has 2 aromatic heterocycles. The minimum atomic E-state index is 0.705. The van der Waals surface area contributed by atoms with Gasteiger partial charge in [0, 0.05) is 10.7 Å². The molecule has 0 bridgehead atoms. The average molecular weight is 276 g/mol. The fourth-order valence-corrected chi connectivity index (χ4v) is 2.65. The van der Waals surface area contributed by atoms with Gasteiger partial charge in [-0.1, -0.05) is 22.9 Å². The summed E-state index contributed by atoms with van der Waals surface area (Å²) in [5, 5.41) is 4.79. The number of thiazole rings is 1. The second-order valence-electron chi connectivity index (χ2n) is 3.94. The Hall–Kier alpha value is -1.65. The van der Waals surface area contributed by atoms with E-state index in [4.69, 9.17) is 11.6 Å². The number of fused-ring (bicyclic) bond motifs is 1. The Morgan fingerprint density at radius 1 is 1.22 bits per heavy atom. The molecule has 0 aliphatic heterocycles. The predicted octanol–water partition coefficient (Wildman–Crippen LogP) is 4.40. The molecule has 0 aliphatic carbocycles. The Labute approximate surface area is 113 Å². The van der Waals surface area contributed by atoms with Crippen molar-refractivity contribution in [1.82, 2.24) is 9.97 Å². The van der Waals surface area contributed by atoms with Crippen LogP contribution in [0.1, 0.15) is 5.69 Å². The zero-order valence-corrected chi connectivity index (χ0v) is 11.2. The largest absolute Gasteiger partial charge is 0.330 e. The fraction of sp³-hybridized carbons (Fsp3) is 0.0769. The van der Waals surface area contributed by atoms with Crippen molar-refractivity contribution in [3.63, 3.8) is 0 Å². The first-order chi connectivity index (χ1) is 8.70. The van der Waals surface area contributed by atoms with Crippen LogP contribution < -0.4 is 5.32 Å². The first-order valence-corrected chi connectivity index (χ1v) is 6.66. The molecule has 0 aliphatic rings. The lowest BCUT2D eigenvalue weighted by Crippen LogP contribution is -1.90. The third kappa shape index (κ3) is 2.30. The van der Waals surface area contributed by atoms with Crippen LogP contribution in [0.2, 0.25) is 5.02 Å². The number of halogens is 1. The summed E-state index contributed by atoms with van der Waals surface area (Å²) < 4.78 is 1.11. The molecule has 0 saturated carbocycles. The molecule has 0 fully saturated rings. The molecule has 3 nitrogen and oxygen atoms in total. The van der Waals surface area contributed by atoms with Crippen LogP contribution in [-0.4, -0.2) is 9.97 Å². The Bertz CT molecular complexity index is 691. The topological polar surface area (TPSA) is 37.8 Å². The van der Waals surface area contributed by atoms with Crippen LogP contribution in [0, 0.1) is 6.92 Å². The molecule has 0 radical (unpaired) electrons. The Morgan fingerprint density at radius 3 is 2.89 bits per heavy atom. The first-order valence-electron chi connectivity index (χ1n) is 5.46. The highest BCUT2D eigenvalue weighted by Crippen LogP contribution is 2.29. The molecule has 2 heterocycles. The number of nitrogens with one attached hydrogen (secondary N) is 1. The van der Waals surface area contributed by atoms with Crippen molar-refractivity contribution in [3.05, 3.63) is 47.2 Å². The van der Waals surface area contributed by atoms with Crippen molar-refractivity contribution in [2.75, 3.05) is 5.32 Å². The number of hydrogen-bond donors (Lipinski definition) is 1. The van der Waals surface area contributed by atoms with Gasteiger partial charge in [0.05, 0.1) is 22.1 Å². The molecule has 0 spiro atoms. The summed E-state index contributed by atoms with van der Waals surface area (Å²) in [6.07, 6.45) is 1.80. The number of nitrogens with zero attached hydrogens (tertiary/aromatic N) is 2. The van der Waals surface area contributed by atoms with Crippen LogP contribution in [0.3, 0.4) is 0 Å². The molecular formula is C13H10ClN3S. The standard InChI is InChI=1S/C13H10ClN3S/c1-8-2-4-10(7-15-8)16-13-17-11-6-9(14)3-5-12(11)18-13/h2-7H,1H3,(H,16,17). The molecular weight excluding hydrogens is 266 g/mol. The highest BCUT2D eigenvalue weighted by Gasteiger charge is 2.04. The molecule has 90 valence electrons. The second-order valence-corrected chi connectivity index (χ2v) is 5.41. The summed E-state index contributed by atoms with van der Waals surface area (Å²) >= 11 is 7.54. The van der Waals surface area contributed by atoms with E-state index in [-0.39, 0.29) is 0 Å². The van der Waals surface area contributed by atoms with Crippen LogP contribution >= 0.6 is 22.9 Å². The van der Waals surface area contributed by atoms with Crippen molar-refractivity contribution >= 4 is 44.0 Å². The van der Waals surface area contributed by atoms with E-state index in [0.717, 1.165) is 26.7 Å². The maximum absolute atomic E-state index is 5.94. The van der Waals surface area contributed by atoms with Crippen molar-refractivity contribution in [2.24, 2.45) is 0 Å². The lowest BCUT2D eigenvalue weighted by atomic mass is 10.3. The normalized spacial score (nSPS) is 10.8. The summed E-state index contributed by atoms with van der Waals surface area (Å²) in [4.78, 5) is 8.72. The van der Waals surface area contributed by atoms with Crippen LogP contribution in [0.15, 0.2) is 36.5 Å². The number of hydrogen-bond acceptors (Lipinski definition) is 4. The number of anilines is 2. The summed E-state index contributed by atoms with van der Waals surface area (Å²) in [5.41, 5.74) is 2.84. The third-order valence-electron chi connectivity index (χ3n) is 2.51. The van der Waals surface area contributed by atoms with Crippen LogP contribution in [0.5, 0.6) is 0 Å². The second kappa shape index (κ2) is 4.55. The van der Waals surface area contributed by atoms with Crippen LogP contribution in [0.25, 0.3) is 10.2 Å². The minimum absolute atomic E-state index is 0.705. The lowest BCUT2D eigenvalue weighted by molar-refractivity contribution is 1.20. The fourth-order valence-electron chi connectivity index (χ4n) is 1.62. The number of rotatable bonds is 2. The molecule has 5 heteroatoms. The zero-order chi connectivity index (χ0) is 12.5. The van der Waals surface area contributed by atoms with Gasteiger partial charge in [0.1, 0.15) is 0 Å². The van der Waals surface area contributed by atoms with Gasteiger partial charge in [-0.3, -0.25) is 4.98 Å². The predicted molar refractivity (Wildman–Crippen MR) is 76.9 cm³/mol. The Morgan fingerprint density at radius 2 is 2.11 bits per heavy atom. The van der Waals surface area contributed by atoms with E-state index in [1.807, 2.05) is 37.3 Å². The van der Waals surface area contributed by atoms with E-state index in [1.165, 1.54) is 0 Å². The van der Waals surface area contributed by atoms with E-state index in [1.54, 1.807) is 17.5 Å². The van der Waals surface area contributed by atoms with Gasteiger partial charge in [0.15, 0.2) is 5.13 Å². The highest BCUT2D eigenvalue weighted by atomic mass is 35.5. The molecule has 3 rings (SSSR count). The minimum Gasteiger partial charge on any atom is -0.330 e. The van der Waals surface area contributed by atoms with Gasteiger partial charge in [0.25, 0.3) is 0 Å². The quantitative estimate of drug-likeness (QED) is 0.753. The number of benzene rings is 1. The van der Waals surface area contributed by atoms with E-state index in [9.17, 15) is 0 Å². The van der Waals surface area contributed by atoms with Crippen molar-refractivity contribution in [3.8, 4) is 0 Å². The molecule has 0 atom stereocenters. The smallest absolute Gasteiger partial charge is 0.188 e. The number of aromatic nitrogens is 2. The monoisotopic (exact) mass is 275 g/mol. The molecule has 0 saturated heterocycles. The van der Waals surface area contributed by atoms with Crippen LogP contribution in [0.4, 0.5) is 10.8 Å². The lowest BCUT2D eigenvalue weighted by Gasteiger charge is -2.01. The molecule has 0 amide bonds. The summed E-state index contributed by atoms with van der Waals surface area (Å²) in [5.74, 6) is 0. The maximum Gasteiger partial charge on any atom is 0.188 e. The van der Waals surface area contributed by atoms with Crippen molar-refractivity contribution < 1.29 is 0 Å². The van der Waals surface area contributed by atoms with E-state index in [2.05, 4.69) is 15.3 Å². The van der Waals surface area contributed by atoms with Gasteiger partial charge in [0.2, 0.25) is 0 Å². The van der Waals surface area contributed by atoms with Gasteiger partial charge in [-0.05, 0) is 37.3 Å². The van der Waals surface area contributed by atoms with Gasteiger partial charge in [-0.2, -0.15) is 0 Å². The van der Waals surface area contributed by atoms with Gasteiger partial charge in [-0.25, -0.2) is 4.98 Å². The van der Waals surface area contributed by atoms with Crippen molar-refractivity contribution in [1.29, 1.82) is 0 Å². The van der Waals surface area contributed by atoms with Gasteiger partial charge >= 0.3 is 0 Å². The van der Waals surface area contributed by atoms with E-state index >= 15 is 0 Å². The van der Waals surface area contributed by atoms with E-state index < -0.39 is 0 Å². The maximum atomic E-state index is 5.94. The third-order valence-corrected chi connectivity index (χ3v) is 3.70. The molecule has 0 unspecified atom stereocenters. The molecule has 3 aromatic rings. The van der Waals surface area contributed by atoms with Gasteiger partial charge < -0.3 is 5.32 Å². The Balaban J connectivity index is 1.92. The molecule has 1 aromatic carbocycles. The first kappa shape index (κ1) is 11.4. The van der Waals surface area contributed by atoms with Crippen molar-refractivity contribution in [2.45, 2.75) is 6.92 Å².